The Hall–Kier alpha value is -2.52. The molecule has 5 rings (SSSR count). The third-order valence-electron chi connectivity index (χ3n) is 6.00. The summed E-state index contributed by atoms with van der Waals surface area (Å²) in [4.78, 5) is 4.81. The predicted molar refractivity (Wildman–Crippen MR) is 101 cm³/mol. The molecular weight excluding hydrogens is 378 g/mol. The number of hydrogen-bond acceptors (Lipinski definition) is 6. The number of fused-ring (bicyclic) bond motifs is 2. The van der Waals surface area contributed by atoms with Crippen molar-refractivity contribution in [3.8, 4) is 11.4 Å². The molecule has 146 valence electrons. The molecule has 2 unspecified atom stereocenters. The molecule has 2 fully saturated rings. The van der Waals surface area contributed by atoms with Gasteiger partial charge >= 0.3 is 0 Å². The highest BCUT2D eigenvalue weighted by atomic mass is 32.2. The van der Waals surface area contributed by atoms with E-state index in [1.165, 1.54) is 6.20 Å². The maximum atomic E-state index is 13.5. The van der Waals surface area contributed by atoms with Crippen LogP contribution < -0.4 is 0 Å². The van der Waals surface area contributed by atoms with E-state index < -0.39 is 16.1 Å². The average molecular weight is 399 g/mol. The Kier molecular flexibility index (Phi) is 3.92. The van der Waals surface area contributed by atoms with E-state index in [4.69, 9.17) is 4.52 Å². The molecule has 28 heavy (non-hydrogen) atoms. The maximum Gasteiger partial charge on any atom is 0.247 e. The Morgan fingerprint density at radius 1 is 1.18 bits per heavy atom. The minimum atomic E-state index is -3.71. The third-order valence-corrected chi connectivity index (χ3v) is 8.04. The number of hydrogen-bond donors (Lipinski definition) is 0. The van der Waals surface area contributed by atoms with Gasteiger partial charge < -0.3 is 4.52 Å². The minimum absolute atomic E-state index is 0.0355. The molecule has 0 radical (unpaired) electrons. The summed E-state index contributed by atoms with van der Waals surface area (Å²) < 4.78 is 35.7. The fourth-order valence-corrected chi connectivity index (χ4v) is 6.56. The molecule has 8 nitrogen and oxygen atoms in total. The molecule has 2 aromatic heterocycles. The van der Waals surface area contributed by atoms with Crippen LogP contribution >= 0.6 is 0 Å². The van der Waals surface area contributed by atoms with Gasteiger partial charge in [-0.25, -0.2) is 8.42 Å². The van der Waals surface area contributed by atoms with Crippen molar-refractivity contribution in [3.63, 3.8) is 0 Å². The first-order chi connectivity index (χ1) is 13.5. The van der Waals surface area contributed by atoms with Crippen LogP contribution in [-0.4, -0.2) is 38.7 Å². The molecule has 3 heterocycles. The van der Waals surface area contributed by atoms with Crippen LogP contribution in [0.2, 0.25) is 0 Å². The second kappa shape index (κ2) is 6.25. The molecule has 0 N–H and O–H groups in total. The second-order valence-corrected chi connectivity index (χ2v) is 9.36. The summed E-state index contributed by atoms with van der Waals surface area (Å²) in [7, 11) is -1.97. The van der Waals surface area contributed by atoms with E-state index in [9.17, 15) is 8.42 Å². The summed E-state index contributed by atoms with van der Waals surface area (Å²) in [5, 5.41) is 8.22. The van der Waals surface area contributed by atoms with E-state index >= 15 is 0 Å². The van der Waals surface area contributed by atoms with Crippen LogP contribution in [0, 0.1) is 12.8 Å². The first-order valence-electron chi connectivity index (χ1n) is 9.38. The van der Waals surface area contributed by atoms with Crippen LogP contribution in [0.3, 0.4) is 0 Å². The highest BCUT2D eigenvalue weighted by Gasteiger charge is 2.54. The van der Waals surface area contributed by atoms with Gasteiger partial charge in [0.05, 0.1) is 11.9 Å². The van der Waals surface area contributed by atoms with E-state index in [1.54, 1.807) is 23.0 Å². The maximum absolute atomic E-state index is 13.5. The predicted octanol–water partition coefficient (Wildman–Crippen LogP) is 2.69. The van der Waals surface area contributed by atoms with Crippen molar-refractivity contribution in [2.75, 3.05) is 0 Å². The number of nitrogens with zero attached hydrogens (tertiary/aromatic N) is 5. The first kappa shape index (κ1) is 17.6. The number of aryl methyl sites for hydroxylation is 1. The Morgan fingerprint density at radius 2 is 1.96 bits per heavy atom. The minimum Gasteiger partial charge on any atom is -0.337 e. The molecule has 1 aromatic carbocycles. The highest BCUT2D eigenvalue weighted by molar-refractivity contribution is 7.89. The van der Waals surface area contributed by atoms with E-state index in [1.807, 2.05) is 30.3 Å². The van der Waals surface area contributed by atoms with E-state index in [0.29, 0.717) is 17.4 Å². The fourth-order valence-electron chi connectivity index (χ4n) is 4.51. The van der Waals surface area contributed by atoms with Crippen molar-refractivity contribution in [1.82, 2.24) is 24.2 Å². The Morgan fingerprint density at radius 3 is 2.68 bits per heavy atom. The Labute approximate surface area is 163 Å². The van der Waals surface area contributed by atoms with Crippen molar-refractivity contribution in [3.05, 3.63) is 48.1 Å². The summed E-state index contributed by atoms with van der Waals surface area (Å²) in [6, 6.07) is 9.09. The highest BCUT2D eigenvalue weighted by Crippen LogP contribution is 2.52. The molecule has 9 heteroatoms. The van der Waals surface area contributed by atoms with Crippen LogP contribution in [0.4, 0.5) is 0 Å². The molecule has 3 atom stereocenters. The molecule has 0 spiro atoms. The molecule has 1 aliphatic heterocycles. The van der Waals surface area contributed by atoms with Crippen molar-refractivity contribution in [2.45, 2.75) is 43.2 Å². The average Bonchev–Trinajstić information content (AvgIpc) is 3.46. The van der Waals surface area contributed by atoms with Gasteiger partial charge in [-0.15, -0.1) is 0 Å². The van der Waals surface area contributed by atoms with Gasteiger partial charge in [0.1, 0.15) is 10.9 Å². The molecular formula is C19H21N5O3S. The molecule has 2 aliphatic rings. The van der Waals surface area contributed by atoms with Gasteiger partial charge in [0.2, 0.25) is 21.7 Å². The summed E-state index contributed by atoms with van der Waals surface area (Å²) >= 11 is 0. The summed E-state index contributed by atoms with van der Waals surface area (Å²) in [5.41, 5.74) is 1.47. The lowest BCUT2D eigenvalue weighted by atomic mass is 10.00. The Balaban J connectivity index is 1.56. The SMILES string of the molecule is Cc1c(S(=O)(=O)N2C3CCC(C3)[C@@H]2c2nc(-c3ccccc3)no2)cnn1C. The van der Waals surface area contributed by atoms with E-state index in [2.05, 4.69) is 15.2 Å². The quantitative estimate of drug-likeness (QED) is 0.669. The number of rotatable bonds is 4. The standard InChI is InChI=1S/C19H21N5O3S/c1-12-16(11-20-23(12)2)28(25,26)24-15-9-8-14(10-15)17(24)19-21-18(22-27-19)13-6-4-3-5-7-13/h3-7,11,14-15,17H,8-10H2,1-2H3/t14?,15?,17-/m1/s1. The van der Waals surface area contributed by atoms with Crippen LogP contribution in [0.1, 0.15) is 36.9 Å². The van der Waals surface area contributed by atoms with E-state index in [-0.39, 0.29) is 16.9 Å². The second-order valence-electron chi connectivity index (χ2n) is 7.55. The number of sulfonamides is 1. The van der Waals surface area contributed by atoms with Gasteiger partial charge in [-0.3, -0.25) is 4.68 Å². The lowest BCUT2D eigenvalue weighted by Crippen LogP contribution is -2.40. The topological polar surface area (TPSA) is 94.1 Å². The first-order valence-corrected chi connectivity index (χ1v) is 10.8. The zero-order valence-corrected chi connectivity index (χ0v) is 16.5. The van der Waals surface area contributed by atoms with Crippen molar-refractivity contribution >= 4 is 10.0 Å². The molecule has 3 aromatic rings. The van der Waals surface area contributed by atoms with Crippen LogP contribution in [0.5, 0.6) is 0 Å². The summed E-state index contributed by atoms with van der Waals surface area (Å²) in [5.74, 6) is 1.05. The molecule has 1 saturated carbocycles. The fraction of sp³-hybridized carbons (Fsp3) is 0.421. The number of piperidine rings is 1. The normalized spacial score (nSPS) is 24.9. The number of benzene rings is 1. The van der Waals surface area contributed by atoms with Crippen LogP contribution in [0.25, 0.3) is 11.4 Å². The van der Waals surface area contributed by atoms with Crippen LogP contribution in [-0.2, 0) is 17.1 Å². The van der Waals surface area contributed by atoms with E-state index in [0.717, 1.165) is 24.8 Å². The van der Waals surface area contributed by atoms with Gasteiger partial charge in [-0.05, 0) is 32.1 Å². The lowest BCUT2D eigenvalue weighted by molar-refractivity contribution is 0.197. The molecule has 1 saturated heterocycles. The van der Waals surface area contributed by atoms with Gasteiger partial charge in [0.25, 0.3) is 0 Å². The van der Waals surface area contributed by atoms with Gasteiger partial charge in [-0.2, -0.15) is 14.4 Å². The molecule has 1 aliphatic carbocycles. The smallest absolute Gasteiger partial charge is 0.247 e. The number of aromatic nitrogens is 4. The third kappa shape index (κ3) is 2.53. The van der Waals surface area contributed by atoms with Gasteiger partial charge in [-0.1, -0.05) is 35.5 Å². The zero-order chi connectivity index (χ0) is 19.5. The molecule has 0 amide bonds. The Bertz CT molecular complexity index is 1120. The zero-order valence-electron chi connectivity index (χ0n) is 15.7. The van der Waals surface area contributed by atoms with Crippen molar-refractivity contribution in [2.24, 2.45) is 13.0 Å². The largest absolute Gasteiger partial charge is 0.337 e. The monoisotopic (exact) mass is 399 g/mol. The van der Waals surface area contributed by atoms with Crippen LogP contribution in [0.15, 0.2) is 45.9 Å². The van der Waals surface area contributed by atoms with Crippen molar-refractivity contribution < 1.29 is 12.9 Å². The van der Waals surface area contributed by atoms with Gasteiger partial charge in [0, 0.05) is 18.7 Å². The summed E-state index contributed by atoms with van der Waals surface area (Å²) in [6.45, 7) is 1.77. The summed E-state index contributed by atoms with van der Waals surface area (Å²) in [6.07, 6.45) is 4.08. The molecule has 2 bridgehead atoms. The van der Waals surface area contributed by atoms with Crippen molar-refractivity contribution in [1.29, 1.82) is 0 Å². The lowest BCUT2D eigenvalue weighted by Gasteiger charge is -2.31. The van der Waals surface area contributed by atoms with Gasteiger partial charge in [0.15, 0.2) is 0 Å².